The first kappa shape index (κ1) is 31.3. The van der Waals surface area contributed by atoms with Crippen molar-refractivity contribution in [3.05, 3.63) is 54.1 Å². The van der Waals surface area contributed by atoms with Gasteiger partial charge in [-0.3, -0.25) is 13.9 Å². The first-order valence-corrected chi connectivity index (χ1v) is 15.9. The Morgan fingerprint density at radius 3 is 2.35 bits per heavy atom. The molecule has 0 radical (unpaired) electrons. The van der Waals surface area contributed by atoms with E-state index < -0.39 is 16.1 Å². The molecule has 2 aromatic rings. The zero-order valence-electron chi connectivity index (χ0n) is 24.1. The number of anilines is 1. The molecule has 1 N–H and O–H groups in total. The normalized spacial score (nSPS) is 14.7. The molecule has 0 unspecified atom stereocenters. The van der Waals surface area contributed by atoms with E-state index in [1.807, 2.05) is 31.2 Å². The summed E-state index contributed by atoms with van der Waals surface area (Å²) in [5, 5.41) is 3.14. The predicted molar refractivity (Wildman–Crippen MR) is 157 cm³/mol. The molecule has 0 heterocycles. The third-order valence-corrected chi connectivity index (χ3v) is 8.40. The largest absolute Gasteiger partial charge is 0.497 e. The van der Waals surface area contributed by atoms with Crippen molar-refractivity contribution < 1.29 is 27.5 Å². The van der Waals surface area contributed by atoms with Gasteiger partial charge in [0.25, 0.3) is 0 Å². The Morgan fingerprint density at radius 2 is 1.73 bits per heavy atom. The number of sulfonamides is 1. The Hall–Kier alpha value is -3.27. The number of benzene rings is 2. The highest BCUT2D eigenvalue weighted by molar-refractivity contribution is 7.92. The van der Waals surface area contributed by atoms with Crippen LogP contribution in [0.25, 0.3) is 0 Å². The number of ether oxygens (including phenoxy) is 2. The molecule has 0 aliphatic heterocycles. The minimum Gasteiger partial charge on any atom is -0.497 e. The summed E-state index contributed by atoms with van der Waals surface area (Å²) < 4.78 is 37.6. The number of hydrogen-bond acceptors (Lipinski definition) is 6. The van der Waals surface area contributed by atoms with Crippen LogP contribution in [0.5, 0.6) is 11.5 Å². The molecular weight excluding hydrogens is 530 g/mol. The van der Waals surface area contributed by atoms with E-state index in [4.69, 9.17) is 9.47 Å². The lowest BCUT2D eigenvalue weighted by Gasteiger charge is -2.31. The van der Waals surface area contributed by atoms with Crippen LogP contribution >= 0.6 is 0 Å². The number of amides is 2. The molecule has 9 nitrogen and oxygen atoms in total. The average molecular weight is 574 g/mol. The predicted octanol–water partition coefficient (Wildman–Crippen LogP) is 4.51. The number of carbonyl (C=O) groups excluding carboxylic acids is 2. The molecule has 1 saturated carbocycles. The molecule has 40 heavy (non-hydrogen) atoms. The van der Waals surface area contributed by atoms with Crippen LogP contribution < -0.4 is 19.1 Å². The highest BCUT2D eigenvalue weighted by atomic mass is 32.2. The van der Waals surface area contributed by atoms with E-state index in [9.17, 15) is 18.0 Å². The average Bonchev–Trinajstić information content (AvgIpc) is 2.94. The minimum absolute atomic E-state index is 0.0834. The van der Waals surface area contributed by atoms with Gasteiger partial charge in [-0.1, -0.05) is 43.5 Å². The second-order valence-electron chi connectivity index (χ2n) is 10.2. The number of carbonyl (C=O) groups is 2. The monoisotopic (exact) mass is 573 g/mol. The van der Waals surface area contributed by atoms with Crippen LogP contribution in [-0.4, -0.2) is 63.7 Å². The van der Waals surface area contributed by atoms with Gasteiger partial charge in [0, 0.05) is 25.6 Å². The summed E-state index contributed by atoms with van der Waals surface area (Å²) in [5.41, 5.74) is 1.31. The van der Waals surface area contributed by atoms with E-state index in [0.717, 1.165) is 37.5 Å². The van der Waals surface area contributed by atoms with E-state index in [2.05, 4.69) is 5.32 Å². The molecule has 1 atom stereocenters. The maximum absolute atomic E-state index is 13.6. The van der Waals surface area contributed by atoms with E-state index in [1.165, 1.54) is 10.7 Å². The summed E-state index contributed by atoms with van der Waals surface area (Å²) in [6.07, 6.45) is 6.79. The van der Waals surface area contributed by atoms with Gasteiger partial charge in [-0.25, -0.2) is 8.42 Å². The Morgan fingerprint density at radius 1 is 1.05 bits per heavy atom. The van der Waals surface area contributed by atoms with Crippen molar-refractivity contribution in [3.63, 3.8) is 0 Å². The van der Waals surface area contributed by atoms with E-state index in [0.29, 0.717) is 23.8 Å². The molecule has 0 spiro atoms. The third-order valence-electron chi connectivity index (χ3n) is 7.22. The molecule has 1 aliphatic rings. The van der Waals surface area contributed by atoms with Gasteiger partial charge < -0.3 is 19.7 Å². The maximum Gasteiger partial charge on any atom is 0.242 e. The Bertz CT molecular complexity index is 1210. The fourth-order valence-electron chi connectivity index (χ4n) is 5.00. The van der Waals surface area contributed by atoms with Gasteiger partial charge in [0.15, 0.2) is 0 Å². The van der Waals surface area contributed by atoms with Gasteiger partial charge in [-0.15, -0.1) is 0 Å². The Balaban J connectivity index is 1.74. The highest BCUT2D eigenvalue weighted by Gasteiger charge is 2.29. The minimum atomic E-state index is -3.63. The summed E-state index contributed by atoms with van der Waals surface area (Å²) in [5.74, 6) is 0.791. The van der Waals surface area contributed by atoms with Gasteiger partial charge >= 0.3 is 0 Å². The van der Waals surface area contributed by atoms with E-state index in [1.54, 1.807) is 43.2 Å². The van der Waals surface area contributed by atoms with Gasteiger partial charge in [-0.2, -0.15) is 0 Å². The summed E-state index contributed by atoms with van der Waals surface area (Å²) in [4.78, 5) is 28.4. The number of nitrogens with one attached hydrogen (secondary N) is 1. The second-order valence-corrected chi connectivity index (χ2v) is 12.1. The summed E-state index contributed by atoms with van der Waals surface area (Å²) in [6.45, 7) is 4.34. The van der Waals surface area contributed by atoms with Gasteiger partial charge in [0.05, 0.1) is 25.7 Å². The van der Waals surface area contributed by atoms with E-state index >= 15 is 0 Å². The SMILES string of the molecule is CCOc1ccccc1N(CCCC(=O)N(Cc1ccc(OC)cc1)[C@@H](C)C(=O)NC1CCCCC1)S(C)(=O)=O. The van der Waals surface area contributed by atoms with Crippen molar-refractivity contribution in [2.75, 3.05) is 30.8 Å². The third kappa shape index (κ3) is 8.87. The number of hydrogen-bond donors (Lipinski definition) is 1. The quantitative estimate of drug-likeness (QED) is 0.357. The van der Waals surface area contributed by atoms with Crippen LogP contribution in [0, 0.1) is 0 Å². The molecule has 0 saturated heterocycles. The Kier molecular flexibility index (Phi) is 11.7. The number of para-hydroxylation sites is 2. The number of rotatable bonds is 14. The molecule has 2 amide bonds. The van der Waals surface area contributed by atoms with Crippen LogP contribution in [0.3, 0.4) is 0 Å². The van der Waals surface area contributed by atoms with Crippen molar-refractivity contribution in [1.29, 1.82) is 0 Å². The zero-order chi connectivity index (χ0) is 29.1. The zero-order valence-corrected chi connectivity index (χ0v) is 24.9. The van der Waals surface area contributed by atoms with Crippen LogP contribution in [0.15, 0.2) is 48.5 Å². The first-order chi connectivity index (χ1) is 19.1. The van der Waals surface area contributed by atoms with Crippen LogP contribution in [0.1, 0.15) is 64.4 Å². The summed E-state index contributed by atoms with van der Waals surface area (Å²) in [7, 11) is -2.03. The topological polar surface area (TPSA) is 105 Å². The van der Waals surface area contributed by atoms with E-state index in [-0.39, 0.29) is 43.8 Å². The molecule has 1 aliphatic carbocycles. The molecule has 0 aromatic heterocycles. The van der Waals surface area contributed by atoms with Crippen molar-refractivity contribution >= 4 is 27.5 Å². The van der Waals surface area contributed by atoms with Crippen molar-refractivity contribution in [2.24, 2.45) is 0 Å². The second kappa shape index (κ2) is 14.9. The smallest absolute Gasteiger partial charge is 0.242 e. The summed E-state index contributed by atoms with van der Waals surface area (Å²) in [6, 6.07) is 13.8. The van der Waals surface area contributed by atoms with Gasteiger partial charge in [-0.05, 0) is 62.9 Å². The lowest BCUT2D eigenvalue weighted by molar-refractivity contribution is -0.141. The summed E-state index contributed by atoms with van der Waals surface area (Å²) >= 11 is 0. The first-order valence-electron chi connectivity index (χ1n) is 14.1. The van der Waals surface area contributed by atoms with Crippen molar-refractivity contribution in [2.45, 2.75) is 77.4 Å². The fourth-order valence-corrected chi connectivity index (χ4v) is 5.97. The molecular formula is C30H43N3O6S. The number of methoxy groups -OCH3 is 1. The molecule has 1 fully saturated rings. The van der Waals surface area contributed by atoms with Crippen LogP contribution in [0.4, 0.5) is 5.69 Å². The lowest BCUT2D eigenvalue weighted by Crippen LogP contribution is -2.50. The highest BCUT2D eigenvalue weighted by Crippen LogP contribution is 2.30. The van der Waals surface area contributed by atoms with Crippen molar-refractivity contribution in [3.8, 4) is 11.5 Å². The van der Waals surface area contributed by atoms with Gasteiger partial charge in [0.2, 0.25) is 21.8 Å². The molecule has 0 bridgehead atoms. The number of nitrogens with zero attached hydrogens (tertiary/aromatic N) is 2. The molecule has 220 valence electrons. The van der Waals surface area contributed by atoms with Crippen molar-refractivity contribution in [1.82, 2.24) is 10.2 Å². The Labute approximate surface area is 238 Å². The molecule has 10 heteroatoms. The van der Waals surface area contributed by atoms with Crippen LogP contribution in [-0.2, 0) is 26.2 Å². The van der Waals surface area contributed by atoms with Crippen LogP contribution in [0.2, 0.25) is 0 Å². The van der Waals surface area contributed by atoms with Gasteiger partial charge in [0.1, 0.15) is 17.5 Å². The maximum atomic E-state index is 13.6. The standard InChI is InChI=1S/C30H43N3O6S/c1-5-39-28-15-10-9-14-27(28)33(40(4,36)37)21-11-16-29(34)32(22-24-17-19-26(38-3)20-18-24)23(2)30(35)31-25-12-7-6-8-13-25/h9-10,14-15,17-20,23,25H,5-8,11-13,16,21-22H2,1-4H3,(H,31,35)/t23-/m0/s1. The fraction of sp³-hybridized carbons (Fsp3) is 0.533. The molecule has 3 rings (SSSR count). The lowest BCUT2D eigenvalue weighted by atomic mass is 9.95. The molecule has 2 aromatic carbocycles.